The number of halogens is 4. The minimum atomic E-state index is -4.57. The molecule has 6 heteroatoms. The van der Waals surface area contributed by atoms with Crippen molar-refractivity contribution < 1.29 is 18.3 Å². The summed E-state index contributed by atoms with van der Waals surface area (Å²) in [6, 6.07) is 2.19. The Kier molecular flexibility index (Phi) is 3.06. The fourth-order valence-corrected chi connectivity index (χ4v) is 1.50. The minimum absolute atomic E-state index is 0.00669. The van der Waals surface area contributed by atoms with Gasteiger partial charge in [0.05, 0.1) is 10.0 Å². The molecular formula is C8H7BrF3NO. The predicted molar refractivity (Wildman–Crippen MR) is 48.7 cm³/mol. The fraction of sp³-hybridized carbons (Fsp3) is 0.250. The van der Waals surface area contributed by atoms with E-state index in [0.29, 0.717) is 5.56 Å². The molecule has 0 amide bonds. The largest absolute Gasteiger partial charge is 0.506 e. The van der Waals surface area contributed by atoms with E-state index in [1.54, 1.807) is 0 Å². The molecule has 0 atom stereocenters. The van der Waals surface area contributed by atoms with Crippen molar-refractivity contribution in [2.24, 2.45) is 5.73 Å². The SMILES string of the molecule is NCc1cc(Br)c(O)c(C(F)(F)F)c1. The van der Waals surface area contributed by atoms with E-state index in [1.165, 1.54) is 6.07 Å². The van der Waals surface area contributed by atoms with Crippen LogP contribution in [0.3, 0.4) is 0 Å². The molecule has 0 fully saturated rings. The van der Waals surface area contributed by atoms with E-state index in [9.17, 15) is 13.2 Å². The molecule has 0 bridgehead atoms. The average Bonchev–Trinajstić information content (AvgIpc) is 2.07. The van der Waals surface area contributed by atoms with Crippen LogP contribution in [0.2, 0.25) is 0 Å². The average molecular weight is 270 g/mol. The number of hydrogen-bond donors (Lipinski definition) is 2. The van der Waals surface area contributed by atoms with Crippen LogP contribution in [-0.4, -0.2) is 5.11 Å². The highest BCUT2D eigenvalue weighted by Gasteiger charge is 2.34. The summed E-state index contributed by atoms with van der Waals surface area (Å²) < 4.78 is 37.0. The number of phenols is 1. The first kappa shape index (κ1) is 11.3. The highest BCUT2D eigenvalue weighted by Crippen LogP contribution is 2.40. The number of rotatable bonds is 1. The van der Waals surface area contributed by atoms with Gasteiger partial charge in [-0.1, -0.05) is 0 Å². The topological polar surface area (TPSA) is 46.2 Å². The van der Waals surface area contributed by atoms with Crippen LogP contribution < -0.4 is 5.73 Å². The highest BCUT2D eigenvalue weighted by molar-refractivity contribution is 9.10. The predicted octanol–water partition coefficient (Wildman–Crippen LogP) is 2.63. The van der Waals surface area contributed by atoms with Crippen molar-refractivity contribution in [3.8, 4) is 5.75 Å². The van der Waals surface area contributed by atoms with E-state index in [-0.39, 0.29) is 11.0 Å². The summed E-state index contributed by atoms with van der Waals surface area (Å²) in [7, 11) is 0. The van der Waals surface area contributed by atoms with Gasteiger partial charge in [-0.2, -0.15) is 13.2 Å². The second-order valence-corrected chi connectivity index (χ2v) is 3.53. The zero-order valence-corrected chi connectivity index (χ0v) is 8.48. The van der Waals surface area contributed by atoms with Crippen molar-refractivity contribution >= 4 is 15.9 Å². The summed E-state index contributed by atoms with van der Waals surface area (Å²) in [6.45, 7) is -0.0119. The molecule has 1 aromatic carbocycles. The van der Waals surface area contributed by atoms with Gasteiger partial charge in [-0.15, -0.1) is 0 Å². The van der Waals surface area contributed by atoms with Crippen LogP contribution in [-0.2, 0) is 12.7 Å². The summed E-state index contributed by atoms with van der Waals surface area (Å²) in [5.41, 5.74) is 4.44. The number of aromatic hydroxyl groups is 1. The summed E-state index contributed by atoms with van der Waals surface area (Å²) in [4.78, 5) is 0. The van der Waals surface area contributed by atoms with Gasteiger partial charge in [0.15, 0.2) is 0 Å². The third kappa shape index (κ3) is 2.19. The molecule has 0 spiro atoms. The Morgan fingerprint density at radius 2 is 1.93 bits per heavy atom. The van der Waals surface area contributed by atoms with Crippen molar-refractivity contribution in [2.75, 3.05) is 0 Å². The molecule has 0 aromatic heterocycles. The van der Waals surface area contributed by atoms with Crippen molar-refractivity contribution in [2.45, 2.75) is 12.7 Å². The van der Waals surface area contributed by atoms with Gasteiger partial charge in [-0.3, -0.25) is 0 Å². The van der Waals surface area contributed by atoms with E-state index in [4.69, 9.17) is 10.8 Å². The van der Waals surface area contributed by atoms with Crippen molar-refractivity contribution in [3.63, 3.8) is 0 Å². The molecule has 14 heavy (non-hydrogen) atoms. The Labute approximate surface area is 86.7 Å². The second kappa shape index (κ2) is 3.78. The minimum Gasteiger partial charge on any atom is -0.506 e. The lowest BCUT2D eigenvalue weighted by Crippen LogP contribution is -2.07. The molecule has 0 aliphatic rings. The zero-order valence-electron chi connectivity index (χ0n) is 6.90. The molecule has 3 N–H and O–H groups in total. The van der Waals surface area contributed by atoms with Gasteiger partial charge >= 0.3 is 6.18 Å². The van der Waals surface area contributed by atoms with Gasteiger partial charge in [0.25, 0.3) is 0 Å². The molecule has 0 saturated carbocycles. The van der Waals surface area contributed by atoms with E-state index in [0.717, 1.165) is 6.07 Å². The van der Waals surface area contributed by atoms with Gasteiger partial charge in [0, 0.05) is 6.54 Å². The van der Waals surface area contributed by atoms with Crippen LogP contribution in [0.25, 0.3) is 0 Å². The maximum Gasteiger partial charge on any atom is 0.420 e. The molecule has 0 radical (unpaired) electrons. The quantitative estimate of drug-likeness (QED) is 0.824. The standard InChI is InChI=1S/C8H7BrF3NO/c9-6-2-4(3-13)1-5(7(6)14)8(10,11)12/h1-2,14H,3,13H2. The first-order chi connectivity index (χ1) is 6.36. The molecule has 0 unspecified atom stereocenters. The van der Waals surface area contributed by atoms with Gasteiger partial charge in [-0.05, 0) is 33.6 Å². The van der Waals surface area contributed by atoms with Gasteiger partial charge in [-0.25, -0.2) is 0 Å². The van der Waals surface area contributed by atoms with Gasteiger partial charge < -0.3 is 10.8 Å². The number of benzene rings is 1. The molecule has 0 saturated heterocycles. The molecule has 2 nitrogen and oxygen atoms in total. The molecule has 0 aliphatic carbocycles. The van der Waals surface area contributed by atoms with Gasteiger partial charge in [0.1, 0.15) is 5.75 Å². The van der Waals surface area contributed by atoms with E-state index in [2.05, 4.69) is 15.9 Å². The summed E-state index contributed by atoms with van der Waals surface area (Å²) in [6.07, 6.45) is -4.57. The number of alkyl halides is 3. The molecule has 1 rings (SSSR count). The van der Waals surface area contributed by atoms with E-state index >= 15 is 0 Å². The lowest BCUT2D eigenvalue weighted by Gasteiger charge is -2.11. The molecule has 0 heterocycles. The summed E-state index contributed by atoms with van der Waals surface area (Å²) >= 11 is 2.82. The zero-order chi connectivity index (χ0) is 10.9. The van der Waals surface area contributed by atoms with Crippen LogP contribution >= 0.6 is 15.9 Å². The lowest BCUT2D eigenvalue weighted by molar-refractivity contribution is -0.138. The summed E-state index contributed by atoms with van der Waals surface area (Å²) in [5, 5.41) is 9.15. The Hall–Kier alpha value is -0.750. The third-order valence-corrected chi connectivity index (χ3v) is 2.27. The van der Waals surface area contributed by atoms with Gasteiger partial charge in [0.2, 0.25) is 0 Å². The van der Waals surface area contributed by atoms with Crippen LogP contribution in [0.5, 0.6) is 5.75 Å². The maximum atomic E-state index is 12.3. The number of phenolic OH excluding ortho intramolecular Hbond substituents is 1. The Morgan fingerprint density at radius 1 is 1.36 bits per heavy atom. The van der Waals surface area contributed by atoms with Crippen LogP contribution in [0, 0.1) is 0 Å². The first-order valence-corrected chi connectivity index (χ1v) is 4.44. The lowest BCUT2D eigenvalue weighted by atomic mass is 10.1. The number of hydrogen-bond acceptors (Lipinski definition) is 2. The van der Waals surface area contributed by atoms with Crippen LogP contribution in [0.1, 0.15) is 11.1 Å². The normalized spacial score (nSPS) is 11.8. The van der Waals surface area contributed by atoms with E-state index in [1.807, 2.05) is 0 Å². The monoisotopic (exact) mass is 269 g/mol. The number of nitrogens with two attached hydrogens (primary N) is 1. The molecule has 78 valence electrons. The second-order valence-electron chi connectivity index (χ2n) is 2.68. The molecule has 0 aliphatic heterocycles. The van der Waals surface area contributed by atoms with Crippen molar-refractivity contribution in [1.29, 1.82) is 0 Å². The highest BCUT2D eigenvalue weighted by atomic mass is 79.9. The molecule has 1 aromatic rings. The van der Waals surface area contributed by atoms with Crippen molar-refractivity contribution in [1.82, 2.24) is 0 Å². The van der Waals surface area contributed by atoms with Crippen LogP contribution in [0.15, 0.2) is 16.6 Å². The Bertz CT molecular complexity index is 351. The van der Waals surface area contributed by atoms with Crippen molar-refractivity contribution in [3.05, 3.63) is 27.7 Å². The Morgan fingerprint density at radius 3 is 2.36 bits per heavy atom. The maximum absolute atomic E-state index is 12.3. The smallest absolute Gasteiger partial charge is 0.420 e. The van der Waals surface area contributed by atoms with Crippen LogP contribution in [0.4, 0.5) is 13.2 Å². The summed E-state index contributed by atoms with van der Waals surface area (Å²) in [5.74, 6) is -0.810. The van der Waals surface area contributed by atoms with E-state index < -0.39 is 17.5 Å². The Balaban J connectivity index is 3.35. The first-order valence-electron chi connectivity index (χ1n) is 3.65. The molecular weight excluding hydrogens is 263 g/mol. The fourth-order valence-electron chi connectivity index (χ4n) is 0.989. The third-order valence-electron chi connectivity index (χ3n) is 1.66.